The van der Waals surface area contributed by atoms with Crippen molar-refractivity contribution < 1.29 is 4.74 Å². The smallest absolute Gasteiger partial charge is 0.126 e. The first-order valence-electron chi connectivity index (χ1n) is 8.44. The Morgan fingerprint density at radius 2 is 1.83 bits per heavy atom. The molecule has 122 valence electrons. The first-order valence-corrected chi connectivity index (χ1v) is 8.44. The molecule has 1 aromatic carbocycles. The van der Waals surface area contributed by atoms with Gasteiger partial charge in [-0.1, -0.05) is 31.2 Å². The molecule has 1 atom stereocenters. The quantitative estimate of drug-likeness (QED) is 0.867. The van der Waals surface area contributed by atoms with Crippen LogP contribution >= 0.6 is 0 Å². The number of aromatic nitrogens is 2. The number of hydrogen-bond donors (Lipinski definition) is 0. The van der Waals surface area contributed by atoms with Crippen molar-refractivity contribution in [3.8, 4) is 11.3 Å². The fraction of sp³-hybridized carbons (Fsp3) is 0.474. The average molecular weight is 311 g/mol. The fourth-order valence-corrected chi connectivity index (χ4v) is 3.07. The Morgan fingerprint density at radius 3 is 2.48 bits per heavy atom. The first kappa shape index (κ1) is 16.1. The van der Waals surface area contributed by atoms with Crippen molar-refractivity contribution in [2.24, 2.45) is 0 Å². The van der Waals surface area contributed by atoms with Gasteiger partial charge >= 0.3 is 0 Å². The number of ether oxygens (including phenoxy) is 1. The number of aryl methyl sites for hydroxylation is 2. The summed E-state index contributed by atoms with van der Waals surface area (Å²) in [5, 5.41) is 0. The normalized spacial score (nSPS) is 17.2. The van der Waals surface area contributed by atoms with Crippen LogP contribution in [0.5, 0.6) is 0 Å². The highest BCUT2D eigenvalue weighted by Gasteiger charge is 2.18. The molecule has 4 nitrogen and oxygen atoms in total. The highest BCUT2D eigenvalue weighted by Crippen LogP contribution is 2.25. The van der Waals surface area contributed by atoms with Crippen molar-refractivity contribution >= 4 is 0 Å². The number of rotatable bonds is 4. The minimum absolute atomic E-state index is 0.422. The van der Waals surface area contributed by atoms with E-state index in [0.717, 1.165) is 55.5 Å². The molecule has 4 heteroatoms. The number of nitrogens with zero attached hydrogens (tertiary/aromatic N) is 3. The molecular weight excluding hydrogens is 286 g/mol. The molecule has 0 aliphatic carbocycles. The molecule has 1 aromatic heterocycles. The van der Waals surface area contributed by atoms with Crippen molar-refractivity contribution in [2.45, 2.75) is 33.2 Å². The predicted octanol–water partition coefficient (Wildman–Crippen LogP) is 3.41. The fourth-order valence-electron chi connectivity index (χ4n) is 3.07. The maximum atomic E-state index is 5.44. The molecule has 1 aliphatic rings. The van der Waals surface area contributed by atoms with Gasteiger partial charge < -0.3 is 4.74 Å². The Labute approximate surface area is 138 Å². The number of morpholine rings is 1. The van der Waals surface area contributed by atoms with E-state index < -0.39 is 0 Å². The summed E-state index contributed by atoms with van der Waals surface area (Å²) < 4.78 is 5.44. The molecule has 1 saturated heterocycles. The predicted molar refractivity (Wildman–Crippen MR) is 92.4 cm³/mol. The lowest BCUT2D eigenvalue weighted by Crippen LogP contribution is -2.37. The van der Waals surface area contributed by atoms with Crippen molar-refractivity contribution in [1.82, 2.24) is 14.9 Å². The van der Waals surface area contributed by atoms with Gasteiger partial charge in [0.05, 0.1) is 18.9 Å². The van der Waals surface area contributed by atoms with E-state index in [9.17, 15) is 0 Å². The third-order valence-corrected chi connectivity index (χ3v) is 4.54. The zero-order valence-electron chi connectivity index (χ0n) is 14.2. The molecular formula is C19H25N3O. The number of hydrogen-bond acceptors (Lipinski definition) is 4. The molecule has 2 aromatic rings. The largest absolute Gasteiger partial charge is 0.379 e. The van der Waals surface area contributed by atoms with E-state index in [1.165, 1.54) is 5.56 Å². The van der Waals surface area contributed by atoms with E-state index in [4.69, 9.17) is 4.74 Å². The molecule has 0 radical (unpaired) electrons. The van der Waals surface area contributed by atoms with Gasteiger partial charge in [0.1, 0.15) is 5.82 Å². The van der Waals surface area contributed by atoms with E-state index in [1.807, 2.05) is 6.92 Å². The van der Waals surface area contributed by atoms with Crippen LogP contribution in [0.1, 0.15) is 37.0 Å². The van der Waals surface area contributed by atoms with Crippen LogP contribution in [0.3, 0.4) is 0 Å². The van der Waals surface area contributed by atoms with Gasteiger partial charge in [-0.25, -0.2) is 9.97 Å². The van der Waals surface area contributed by atoms with Crippen LogP contribution < -0.4 is 0 Å². The zero-order valence-corrected chi connectivity index (χ0v) is 14.2. The van der Waals surface area contributed by atoms with Gasteiger partial charge in [-0.15, -0.1) is 0 Å². The second kappa shape index (κ2) is 7.20. The standard InChI is InChI=1S/C19H25N3O/c1-4-18-13-19(21-15(3)20-18)17-7-5-16(6-8-17)14(2)22-9-11-23-12-10-22/h5-8,13-14H,4,9-12H2,1-3H3/t14-/m1/s1. The topological polar surface area (TPSA) is 38.2 Å². The van der Waals surface area contributed by atoms with Gasteiger partial charge in [0.15, 0.2) is 0 Å². The monoisotopic (exact) mass is 311 g/mol. The van der Waals surface area contributed by atoms with Gasteiger partial charge in [-0.05, 0) is 31.9 Å². The van der Waals surface area contributed by atoms with E-state index in [-0.39, 0.29) is 0 Å². The lowest BCUT2D eigenvalue weighted by Gasteiger charge is -2.32. The molecule has 0 saturated carbocycles. The summed E-state index contributed by atoms with van der Waals surface area (Å²) in [5.74, 6) is 0.838. The minimum atomic E-state index is 0.422. The van der Waals surface area contributed by atoms with Crippen LogP contribution in [0.15, 0.2) is 30.3 Å². The van der Waals surface area contributed by atoms with Crippen molar-refractivity contribution in [1.29, 1.82) is 0 Å². The SMILES string of the molecule is CCc1cc(-c2ccc([C@@H](C)N3CCOCC3)cc2)nc(C)n1. The van der Waals surface area contributed by atoms with Crippen LogP contribution in [0.2, 0.25) is 0 Å². The van der Waals surface area contributed by atoms with Gasteiger partial charge in [0.25, 0.3) is 0 Å². The van der Waals surface area contributed by atoms with Crippen LogP contribution in [0, 0.1) is 6.92 Å². The molecule has 0 amide bonds. The first-order chi connectivity index (χ1) is 11.2. The van der Waals surface area contributed by atoms with Gasteiger partial charge in [0.2, 0.25) is 0 Å². The maximum absolute atomic E-state index is 5.44. The van der Waals surface area contributed by atoms with Gasteiger partial charge in [-0.3, -0.25) is 4.90 Å². The highest BCUT2D eigenvalue weighted by molar-refractivity contribution is 5.60. The molecule has 1 aliphatic heterocycles. The third kappa shape index (κ3) is 3.77. The Balaban J connectivity index is 1.80. The van der Waals surface area contributed by atoms with Gasteiger partial charge in [0, 0.05) is 30.4 Å². The summed E-state index contributed by atoms with van der Waals surface area (Å²) in [5.41, 5.74) is 4.61. The lowest BCUT2D eigenvalue weighted by molar-refractivity contribution is 0.0198. The molecule has 1 fully saturated rings. The molecule has 0 bridgehead atoms. The molecule has 2 heterocycles. The maximum Gasteiger partial charge on any atom is 0.126 e. The van der Waals surface area contributed by atoms with Crippen molar-refractivity contribution in [2.75, 3.05) is 26.3 Å². The summed E-state index contributed by atoms with van der Waals surface area (Å²) in [6.45, 7) is 10.0. The zero-order chi connectivity index (χ0) is 16.2. The summed E-state index contributed by atoms with van der Waals surface area (Å²) >= 11 is 0. The van der Waals surface area contributed by atoms with Gasteiger partial charge in [-0.2, -0.15) is 0 Å². The van der Waals surface area contributed by atoms with Crippen LogP contribution in [0.4, 0.5) is 0 Å². The molecule has 3 rings (SSSR count). The van der Waals surface area contributed by atoms with E-state index in [1.54, 1.807) is 0 Å². The molecule has 0 unspecified atom stereocenters. The Hall–Kier alpha value is -1.78. The van der Waals surface area contributed by atoms with Crippen LogP contribution in [-0.2, 0) is 11.2 Å². The minimum Gasteiger partial charge on any atom is -0.379 e. The van der Waals surface area contributed by atoms with Crippen molar-refractivity contribution in [3.05, 3.63) is 47.4 Å². The summed E-state index contributed by atoms with van der Waals surface area (Å²) in [6, 6.07) is 11.3. The lowest BCUT2D eigenvalue weighted by atomic mass is 10.0. The summed E-state index contributed by atoms with van der Waals surface area (Å²) in [4.78, 5) is 11.5. The number of benzene rings is 1. The molecule has 0 spiro atoms. The second-order valence-electron chi connectivity index (χ2n) is 6.09. The van der Waals surface area contributed by atoms with E-state index in [2.05, 4.69) is 59.0 Å². The molecule has 0 N–H and O–H groups in total. The summed E-state index contributed by atoms with van der Waals surface area (Å²) in [7, 11) is 0. The van der Waals surface area contributed by atoms with Crippen LogP contribution in [-0.4, -0.2) is 41.2 Å². The Kier molecular flexibility index (Phi) is 5.03. The summed E-state index contributed by atoms with van der Waals surface area (Å²) in [6.07, 6.45) is 0.933. The highest BCUT2D eigenvalue weighted by atomic mass is 16.5. The van der Waals surface area contributed by atoms with Crippen LogP contribution in [0.25, 0.3) is 11.3 Å². The average Bonchev–Trinajstić information content (AvgIpc) is 2.61. The Bertz CT molecular complexity index is 648. The second-order valence-corrected chi connectivity index (χ2v) is 6.09. The molecule has 23 heavy (non-hydrogen) atoms. The van der Waals surface area contributed by atoms with E-state index >= 15 is 0 Å². The van der Waals surface area contributed by atoms with Crippen molar-refractivity contribution in [3.63, 3.8) is 0 Å². The Morgan fingerprint density at radius 1 is 1.13 bits per heavy atom. The van der Waals surface area contributed by atoms with E-state index in [0.29, 0.717) is 6.04 Å². The third-order valence-electron chi connectivity index (χ3n) is 4.54.